The highest BCUT2D eigenvalue weighted by atomic mass is 32.1. The Morgan fingerprint density at radius 3 is 2.64 bits per heavy atom. The van der Waals surface area contributed by atoms with Crippen LogP contribution in [0.15, 0.2) is 11.6 Å². The van der Waals surface area contributed by atoms with Crippen molar-refractivity contribution in [3.8, 4) is 0 Å². The smallest absolute Gasteiger partial charge is 0.223 e. The summed E-state index contributed by atoms with van der Waals surface area (Å²) in [6, 6.07) is 0. The molecule has 1 N–H and O–H groups in total. The molecule has 0 bridgehead atoms. The van der Waals surface area contributed by atoms with Crippen LogP contribution in [0.1, 0.15) is 20.8 Å². The minimum Gasteiger partial charge on any atom is -0.302 e. The third-order valence-electron chi connectivity index (χ3n) is 0.715. The Balaban J connectivity index is 0.000000461. The van der Waals surface area contributed by atoms with Crippen LogP contribution in [0.2, 0.25) is 0 Å². The van der Waals surface area contributed by atoms with Gasteiger partial charge in [0.2, 0.25) is 5.91 Å². The number of thiazole rings is 1. The van der Waals surface area contributed by atoms with E-state index in [4.69, 9.17) is 0 Å². The standard InChI is InChI=1S/C5H6N2OS.C2H6/c1-4(8)7-5-6-2-3-9-5;1-2/h2-3H,1H3,(H,6,7,8);1-2H3. The van der Waals surface area contributed by atoms with Gasteiger partial charge in [-0.2, -0.15) is 0 Å². The molecular formula is C7H12N2OS. The van der Waals surface area contributed by atoms with Crippen LogP contribution in [0.4, 0.5) is 5.13 Å². The zero-order valence-corrected chi connectivity index (χ0v) is 7.73. The molecule has 3 nitrogen and oxygen atoms in total. The second-order valence-corrected chi connectivity index (χ2v) is 2.41. The van der Waals surface area contributed by atoms with Crippen LogP contribution in [0.25, 0.3) is 0 Å². The van der Waals surface area contributed by atoms with E-state index in [2.05, 4.69) is 10.3 Å². The Labute approximate surface area is 70.5 Å². The molecule has 0 unspecified atom stereocenters. The van der Waals surface area contributed by atoms with Gasteiger partial charge in [-0.25, -0.2) is 4.98 Å². The minimum atomic E-state index is -0.0787. The molecule has 1 aromatic rings. The lowest BCUT2D eigenvalue weighted by molar-refractivity contribution is -0.114. The quantitative estimate of drug-likeness (QED) is 0.705. The van der Waals surface area contributed by atoms with Crippen LogP contribution in [0.5, 0.6) is 0 Å². The van der Waals surface area contributed by atoms with Gasteiger partial charge in [0, 0.05) is 18.5 Å². The number of anilines is 1. The number of aromatic nitrogens is 1. The van der Waals surface area contributed by atoms with E-state index in [1.165, 1.54) is 18.3 Å². The predicted molar refractivity (Wildman–Crippen MR) is 47.8 cm³/mol. The van der Waals surface area contributed by atoms with Crippen molar-refractivity contribution in [2.24, 2.45) is 0 Å². The highest BCUT2D eigenvalue weighted by Crippen LogP contribution is 2.08. The second-order valence-electron chi connectivity index (χ2n) is 1.52. The fourth-order valence-electron chi connectivity index (χ4n) is 0.436. The average Bonchev–Trinajstić information content (AvgIpc) is 2.43. The minimum absolute atomic E-state index is 0.0787. The van der Waals surface area contributed by atoms with Gasteiger partial charge in [0.25, 0.3) is 0 Å². The first kappa shape index (κ1) is 10.1. The number of hydrogen-bond acceptors (Lipinski definition) is 3. The van der Waals surface area contributed by atoms with Crippen molar-refractivity contribution < 1.29 is 4.79 Å². The molecule has 1 heterocycles. The number of carbonyl (C=O) groups excluding carboxylic acids is 1. The molecule has 1 aromatic heterocycles. The summed E-state index contributed by atoms with van der Waals surface area (Å²) in [5.74, 6) is -0.0787. The summed E-state index contributed by atoms with van der Waals surface area (Å²) in [7, 11) is 0. The molecule has 0 atom stereocenters. The first-order valence-electron chi connectivity index (χ1n) is 3.46. The molecule has 1 amide bonds. The molecule has 0 saturated carbocycles. The highest BCUT2D eigenvalue weighted by molar-refractivity contribution is 7.13. The van der Waals surface area contributed by atoms with Crippen molar-refractivity contribution >= 4 is 22.4 Å². The van der Waals surface area contributed by atoms with Gasteiger partial charge in [0.05, 0.1) is 0 Å². The molecule has 0 spiro atoms. The number of nitrogens with one attached hydrogen (secondary N) is 1. The molecule has 1 rings (SSSR count). The lowest BCUT2D eigenvalue weighted by Gasteiger charge is -1.90. The van der Waals surface area contributed by atoms with Gasteiger partial charge < -0.3 is 5.32 Å². The number of rotatable bonds is 1. The van der Waals surface area contributed by atoms with Gasteiger partial charge in [-0.05, 0) is 0 Å². The fourth-order valence-corrected chi connectivity index (χ4v) is 1.01. The first-order chi connectivity index (χ1) is 5.29. The fraction of sp³-hybridized carbons (Fsp3) is 0.429. The Kier molecular flexibility index (Phi) is 5.37. The van der Waals surface area contributed by atoms with Crippen molar-refractivity contribution in [2.75, 3.05) is 5.32 Å². The molecule has 0 aliphatic heterocycles. The normalized spacial score (nSPS) is 7.91. The van der Waals surface area contributed by atoms with Crippen molar-refractivity contribution in [1.82, 2.24) is 4.98 Å². The van der Waals surface area contributed by atoms with Gasteiger partial charge in [0.15, 0.2) is 5.13 Å². The summed E-state index contributed by atoms with van der Waals surface area (Å²) in [6.07, 6.45) is 1.65. The van der Waals surface area contributed by atoms with Gasteiger partial charge >= 0.3 is 0 Å². The summed E-state index contributed by atoms with van der Waals surface area (Å²) < 4.78 is 0. The van der Waals surface area contributed by atoms with E-state index >= 15 is 0 Å². The van der Waals surface area contributed by atoms with Crippen LogP contribution in [-0.4, -0.2) is 10.9 Å². The zero-order chi connectivity index (χ0) is 8.69. The molecule has 62 valence electrons. The average molecular weight is 172 g/mol. The van der Waals surface area contributed by atoms with Crippen molar-refractivity contribution in [1.29, 1.82) is 0 Å². The van der Waals surface area contributed by atoms with Gasteiger partial charge in [0.1, 0.15) is 0 Å². The van der Waals surface area contributed by atoms with Crippen LogP contribution in [-0.2, 0) is 4.79 Å². The molecule has 0 aliphatic carbocycles. The maximum atomic E-state index is 10.4. The third-order valence-corrected chi connectivity index (χ3v) is 1.40. The van der Waals surface area contributed by atoms with Crippen molar-refractivity contribution in [3.05, 3.63) is 11.6 Å². The Morgan fingerprint density at radius 1 is 1.64 bits per heavy atom. The summed E-state index contributed by atoms with van der Waals surface area (Å²) in [6.45, 7) is 5.46. The summed E-state index contributed by atoms with van der Waals surface area (Å²) in [5.41, 5.74) is 0. The van der Waals surface area contributed by atoms with E-state index in [9.17, 15) is 4.79 Å². The maximum absolute atomic E-state index is 10.4. The number of nitrogens with zero attached hydrogens (tertiary/aromatic N) is 1. The van der Waals surface area contributed by atoms with Gasteiger partial charge in [-0.15, -0.1) is 11.3 Å². The highest BCUT2D eigenvalue weighted by Gasteiger charge is 1.93. The van der Waals surface area contributed by atoms with E-state index in [1.807, 2.05) is 19.2 Å². The molecular weight excluding hydrogens is 160 g/mol. The van der Waals surface area contributed by atoms with Gasteiger partial charge in [-0.3, -0.25) is 4.79 Å². The van der Waals surface area contributed by atoms with Crippen molar-refractivity contribution in [3.63, 3.8) is 0 Å². The number of hydrogen-bond donors (Lipinski definition) is 1. The second kappa shape index (κ2) is 5.85. The molecule has 0 saturated heterocycles. The van der Waals surface area contributed by atoms with Gasteiger partial charge in [-0.1, -0.05) is 13.8 Å². The first-order valence-corrected chi connectivity index (χ1v) is 4.34. The van der Waals surface area contributed by atoms with E-state index < -0.39 is 0 Å². The molecule has 0 aromatic carbocycles. The van der Waals surface area contributed by atoms with Crippen LogP contribution >= 0.6 is 11.3 Å². The largest absolute Gasteiger partial charge is 0.302 e. The topological polar surface area (TPSA) is 42.0 Å². The molecule has 0 fully saturated rings. The monoisotopic (exact) mass is 172 g/mol. The van der Waals surface area contributed by atoms with Crippen LogP contribution < -0.4 is 5.32 Å². The Morgan fingerprint density at radius 2 is 2.27 bits per heavy atom. The number of amides is 1. The van der Waals surface area contributed by atoms with E-state index in [-0.39, 0.29) is 5.91 Å². The van der Waals surface area contributed by atoms with E-state index in [1.54, 1.807) is 6.20 Å². The lowest BCUT2D eigenvalue weighted by atomic mass is 10.7. The van der Waals surface area contributed by atoms with Crippen LogP contribution in [0, 0.1) is 0 Å². The third kappa shape index (κ3) is 4.50. The summed E-state index contributed by atoms with van der Waals surface area (Å²) in [4.78, 5) is 14.2. The van der Waals surface area contributed by atoms with E-state index in [0.29, 0.717) is 5.13 Å². The Bertz CT molecular complexity index is 196. The SMILES string of the molecule is CC.CC(=O)Nc1nccs1. The summed E-state index contributed by atoms with van der Waals surface area (Å²) in [5, 5.41) is 5.02. The molecule has 0 aliphatic rings. The number of carbonyl (C=O) groups is 1. The van der Waals surface area contributed by atoms with Crippen LogP contribution in [0.3, 0.4) is 0 Å². The molecule has 0 radical (unpaired) electrons. The Hall–Kier alpha value is -0.900. The molecule has 4 heteroatoms. The van der Waals surface area contributed by atoms with E-state index in [0.717, 1.165) is 0 Å². The van der Waals surface area contributed by atoms with Crippen molar-refractivity contribution in [2.45, 2.75) is 20.8 Å². The zero-order valence-electron chi connectivity index (χ0n) is 6.92. The summed E-state index contributed by atoms with van der Waals surface area (Å²) >= 11 is 1.41. The lowest BCUT2D eigenvalue weighted by Crippen LogP contribution is -2.04. The predicted octanol–water partition coefficient (Wildman–Crippen LogP) is 2.13. The molecule has 11 heavy (non-hydrogen) atoms. The maximum Gasteiger partial charge on any atom is 0.223 e.